The number of nitrogens with zero attached hydrogens (tertiary/aromatic N) is 3. The smallest absolute Gasteiger partial charge is 0.423 e. The summed E-state index contributed by atoms with van der Waals surface area (Å²) in [5, 5.41) is 2.98. The van der Waals surface area contributed by atoms with E-state index in [-0.39, 0.29) is 23.5 Å². The molecule has 0 bridgehead atoms. The second-order valence-electron chi connectivity index (χ2n) is 5.57. The average Bonchev–Trinajstić information content (AvgIpc) is 3.20. The SMILES string of the molecule is CCn1c(Nc2nc3ccc(OC(F)(F)F)cc3o2)nc2ccccc21.O=C=O. The largest absolute Gasteiger partial charge is 0.573 e. The van der Waals surface area contributed by atoms with Crippen molar-refractivity contribution in [1.82, 2.24) is 14.5 Å². The molecule has 4 rings (SSSR count). The number of oxazole rings is 1. The van der Waals surface area contributed by atoms with Crippen LogP contribution in [0.1, 0.15) is 6.92 Å². The highest BCUT2D eigenvalue weighted by Crippen LogP contribution is 2.29. The van der Waals surface area contributed by atoms with E-state index in [1.807, 2.05) is 35.8 Å². The average molecular weight is 406 g/mol. The number of anilines is 2. The zero-order valence-corrected chi connectivity index (χ0v) is 14.9. The molecule has 0 fully saturated rings. The van der Waals surface area contributed by atoms with Crippen molar-refractivity contribution in [3.05, 3.63) is 42.5 Å². The van der Waals surface area contributed by atoms with E-state index in [1.165, 1.54) is 12.1 Å². The van der Waals surface area contributed by atoms with Gasteiger partial charge in [0.2, 0.25) is 5.95 Å². The predicted molar refractivity (Wildman–Crippen MR) is 94.4 cm³/mol. The van der Waals surface area contributed by atoms with Gasteiger partial charge in [0.1, 0.15) is 11.3 Å². The van der Waals surface area contributed by atoms with E-state index >= 15 is 0 Å². The zero-order chi connectivity index (χ0) is 21.0. The lowest BCUT2D eigenvalue weighted by atomic mass is 10.3. The first-order valence-corrected chi connectivity index (χ1v) is 8.22. The number of ether oxygens (including phenoxy) is 1. The highest BCUT2D eigenvalue weighted by atomic mass is 19.4. The summed E-state index contributed by atoms with van der Waals surface area (Å²) in [7, 11) is 0. The minimum absolute atomic E-state index is 0.133. The van der Waals surface area contributed by atoms with Gasteiger partial charge in [-0.1, -0.05) is 12.1 Å². The second-order valence-corrected chi connectivity index (χ2v) is 5.57. The summed E-state index contributed by atoms with van der Waals surface area (Å²) in [5.74, 6) is 0.167. The van der Waals surface area contributed by atoms with Crippen molar-refractivity contribution < 1.29 is 31.9 Å². The normalized spacial score (nSPS) is 11.0. The standard InChI is InChI=1S/C17H13F3N4O2.CO2/c1-2-24-13-6-4-3-5-11(13)21-15(24)23-16-22-12-8-7-10(9-14(12)25-16)26-17(18,19)20;2-1-3/h3-9H,2H2,1H3,(H,21,22,23);. The third-order valence-corrected chi connectivity index (χ3v) is 3.78. The Morgan fingerprint density at radius 3 is 2.55 bits per heavy atom. The molecule has 1 N–H and O–H groups in total. The molecule has 0 saturated carbocycles. The molecule has 0 unspecified atom stereocenters. The van der Waals surface area contributed by atoms with Crippen LogP contribution in [0.3, 0.4) is 0 Å². The summed E-state index contributed by atoms with van der Waals surface area (Å²) >= 11 is 0. The zero-order valence-electron chi connectivity index (χ0n) is 14.9. The van der Waals surface area contributed by atoms with Gasteiger partial charge >= 0.3 is 18.5 Å². The van der Waals surface area contributed by atoms with E-state index < -0.39 is 6.36 Å². The van der Waals surface area contributed by atoms with Gasteiger partial charge in [0.25, 0.3) is 0 Å². The summed E-state index contributed by atoms with van der Waals surface area (Å²) in [6.07, 6.45) is -4.51. The van der Waals surface area contributed by atoms with Gasteiger partial charge in [-0.15, -0.1) is 13.2 Å². The molecule has 0 saturated heterocycles. The third-order valence-electron chi connectivity index (χ3n) is 3.78. The van der Waals surface area contributed by atoms with Crippen molar-refractivity contribution >= 4 is 40.2 Å². The number of rotatable bonds is 4. The first-order chi connectivity index (χ1) is 13.8. The molecular formula is C18H13F3N4O4. The number of para-hydroxylation sites is 2. The number of hydrogen-bond acceptors (Lipinski definition) is 7. The Hall–Kier alpha value is -3.85. The first kappa shape index (κ1) is 19.9. The highest BCUT2D eigenvalue weighted by molar-refractivity contribution is 5.80. The van der Waals surface area contributed by atoms with Crippen LogP contribution in [0.2, 0.25) is 0 Å². The van der Waals surface area contributed by atoms with Crippen LogP contribution in [0, 0.1) is 0 Å². The summed E-state index contributed by atoms with van der Waals surface area (Å²) in [5.41, 5.74) is 2.35. The summed E-state index contributed by atoms with van der Waals surface area (Å²) in [6, 6.07) is 11.5. The van der Waals surface area contributed by atoms with Crippen molar-refractivity contribution in [2.75, 3.05) is 5.32 Å². The van der Waals surface area contributed by atoms with Gasteiger partial charge in [-0.2, -0.15) is 14.6 Å². The fourth-order valence-electron chi connectivity index (χ4n) is 2.74. The lowest BCUT2D eigenvalue weighted by molar-refractivity contribution is -0.274. The Morgan fingerprint density at radius 1 is 1.14 bits per heavy atom. The molecule has 4 aromatic rings. The molecule has 150 valence electrons. The molecule has 0 radical (unpaired) electrons. The number of nitrogens with one attached hydrogen (secondary N) is 1. The van der Waals surface area contributed by atoms with E-state index in [1.54, 1.807) is 0 Å². The minimum atomic E-state index is -4.76. The van der Waals surface area contributed by atoms with Crippen molar-refractivity contribution in [1.29, 1.82) is 0 Å². The van der Waals surface area contributed by atoms with Gasteiger partial charge in [-0.05, 0) is 31.2 Å². The van der Waals surface area contributed by atoms with Crippen LogP contribution in [0.25, 0.3) is 22.1 Å². The Balaban J connectivity index is 0.000000755. The lowest BCUT2D eigenvalue weighted by Gasteiger charge is -2.07. The van der Waals surface area contributed by atoms with E-state index in [2.05, 4.69) is 20.0 Å². The number of aromatic nitrogens is 3. The molecule has 0 amide bonds. The molecule has 2 aromatic carbocycles. The van der Waals surface area contributed by atoms with Gasteiger partial charge in [0.05, 0.1) is 11.0 Å². The molecule has 0 atom stereocenters. The topological polar surface area (TPSA) is 99.2 Å². The quantitative estimate of drug-likeness (QED) is 0.541. The maximum Gasteiger partial charge on any atom is 0.573 e. The molecule has 0 aliphatic heterocycles. The van der Waals surface area contributed by atoms with Crippen LogP contribution in [-0.4, -0.2) is 27.0 Å². The monoisotopic (exact) mass is 406 g/mol. The van der Waals surface area contributed by atoms with Gasteiger partial charge < -0.3 is 13.7 Å². The molecule has 0 aliphatic rings. The van der Waals surface area contributed by atoms with Crippen LogP contribution >= 0.6 is 0 Å². The van der Waals surface area contributed by atoms with Gasteiger partial charge in [0, 0.05) is 12.6 Å². The van der Waals surface area contributed by atoms with Crippen molar-refractivity contribution in [2.24, 2.45) is 0 Å². The number of aryl methyl sites for hydroxylation is 1. The molecule has 2 heterocycles. The first-order valence-electron chi connectivity index (χ1n) is 8.22. The molecule has 0 spiro atoms. The Kier molecular flexibility index (Phi) is 5.51. The lowest BCUT2D eigenvalue weighted by Crippen LogP contribution is -2.16. The van der Waals surface area contributed by atoms with Crippen molar-refractivity contribution in [2.45, 2.75) is 19.8 Å². The number of fused-ring (bicyclic) bond motifs is 2. The van der Waals surface area contributed by atoms with Crippen molar-refractivity contribution in [3.8, 4) is 5.75 Å². The third kappa shape index (κ3) is 4.53. The number of benzene rings is 2. The Labute approximate surface area is 160 Å². The molecule has 11 heteroatoms. The molecule has 8 nitrogen and oxygen atoms in total. The van der Waals surface area contributed by atoms with Gasteiger partial charge in [-0.3, -0.25) is 5.32 Å². The van der Waals surface area contributed by atoms with Crippen LogP contribution in [-0.2, 0) is 16.1 Å². The predicted octanol–water partition coefficient (Wildman–Crippen LogP) is 4.26. The highest BCUT2D eigenvalue weighted by Gasteiger charge is 2.31. The summed E-state index contributed by atoms with van der Waals surface area (Å²) < 4.78 is 48.3. The maximum absolute atomic E-state index is 12.3. The molecule has 2 aromatic heterocycles. The van der Waals surface area contributed by atoms with Gasteiger partial charge in [-0.25, -0.2) is 4.98 Å². The Morgan fingerprint density at radius 2 is 1.86 bits per heavy atom. The fourth-order valence-corrected chi connectivity index (χ4v) is 2.74. The fraction of sp³-hybridized carbons (Fsp3) is 0.167. The van der Waals surface area contributed by atoms with Crippen LogP contribution in [0.5, 0.6) is 5.75 Å². The van der Waals surface area contributed by atoms with E-state index in [4.69, 9.17) is 14.0 Å². The van der Waals surface area contributed by atoms with Crippen molar-refractivity contribution in [3.63, 3.8) is 0 Å². The summed E-state index contributed by atoms with van der Waals surface area (Å²) in [6.45, 7) is 2.65. The maximum atomic E-state index is 12.3. The van der Waals surface area contributed by atoms with E-state index in [0.29, 0.717) is 18.0 Å². The number of halogens is 3. The Bertz CT molecular complexity index is 1180. The number of alkyl halides is 3. The molecule has 29 heavy (non-hydrogen) atoms. The number of imidazole rings is 1. The van der Waals surface area contributed by atoms with E-state index in [0.717, 1.165) is 17.1 Å². The second kappa shape index (κ2) is 8.03. The number of hydrogen-bond donors (Lipinski definition) is 1. The van der Waals surface area contributed by atoms with Crippen LogP contribution < -0.4 is 10.1 Å². The number of carbonyl (C=O) groups excluding carboxylic acids is 2. The van der Waals surface area contributed by atoms with Crippen LogP contribution in [0.4, 0.5) is 25.1 Å². The molecule has 0 aliphatic carbocycles. The van der Waals surface area contributed by atoms with Crippen LogP contribution in [0.15, 0.2) is 46.9 Å². The summed E-state index contributed by atoms with van der Waals surface area (Å²) in [4.78, 5) is 25.0. The molecular weight excluding hydrogens is 393 g/mol. The van der Waals surface area contributed by atoms with E-state index in [9.17, 15) is 13.2 Å². The minimum Gasteiger partial charge on any atom is -0.423 e. The van der Waals surface area contributed by atoms with Gasteiger partial charge in [0.15, 0.2) is 5.58 Å².